The van der Waals surface area contributed by atoms with Crippen molar-refractivity contribution in [1.29, 1.82) is 0 Å². The van der Waals surface area contributed by atoms with Gasteiger partial charge in [-0.25, -0.2) is 0 Å². The van der Waals surface area contributed by atoms with Gasteiger partial charge in [0.15, 0.2) is 0 Å². The Kier molecular flexibility index (Phi) is 6.05. The molecule has 3 nitrogen and oxygen atoms in total. The Labute approximate surface area is 161 Å². The van der Waals surface area contributed by atoms with Crippen molar-refractivity contribution in [3.63, 3.8) is 0 Å². The van der Waals surface area contributed by atoms with Gasteiger partial charge in [-0.3, -0.25) is 9.69 Å². The molecule has 0 bridgehead atoms. The molecule has 0 radical (unpaired) electrons. The second-order valence-electron chi connectivity index (χ2n) is 6.98. The van der Waals surface area contributed by atoms with Crippen LogP contribution in [0.1, 0.15) is 18.1 Å². The number of likely N-dealkylation sites (N-methyl/N-ethyl adjacent to an activating group) is 1. The third-order valence-corrected chi connectivity index (χ3v) is 4.86. The van der Waals surface area contributed by atoms with Gasteiger partial charge >= 0.3 is 0 Å². The average Bonchev–Trinajstić information content (AvgIpc) is 2.70. The van der Waals surface area contributed by atoms with E-state index in [0.29, 0.717) is 0 Å². The Morgan fingerprint density at radius 2 is 1.56 bits per heavy atom. The lowest BCUT2D eigenvalue weighted by Gasteiger charge is -2.24. The fraction of sp³-hybridized carbons (Fsp3) is 0.208. The second kappa shape index (κ2) is 8.65. The molecule has 0 unspecified atom stereocenters. The molecule has 0 saturated heterocycles. The highest BCUT2D eigenvalue weighted by Gasteiger charge is 2.19. The van der Waals surface area contributed by atoms with Crippen molar-refractivity contribution in [2.75, 3.05) is 12.4 Å². The zero-order chi connectivity index (χ0) is 19.2. The van der Waals surface area contributed by atoms with Crippen molar-refractivity contribution >= 4 is 11.6 Å². The van der Waals surface area contributed by atoms with Gasteiger partial charge in [-0.2, -0.15) is 0 Å². The molecule has 0 spiro atoms. The summed E-state index contributed by atoms with van der Waals surface area (Å²) >= 11 is 0. The SMILES string of the molecule is Cc1ccc(CN(C)[C@H](C)C(=O)Nc2ccccc2-c2ccccc2)cc1. The number of rotatable bonds is 6. The molecule has 3 aromatic carbocycles. The Bertz CT molecular complexity index is 888. The van der Waals surface area contributed by atoms with Crippen molar-refractivity contribution in [1.82, 2.24) is 4.90 Å². The lowest BCUT2D eigenvalue weighted by atomic mass is 10.0. The van der Waals surface area contributed by atoms with Crippen LogP contribution in [0, 0.1) is 6.92 Å². The van der Waals surface area contributed by atoms with E-state index in [1.165, 1.54) is 11.1 Å². The molecule has 1 N–H and O–H groups in total. The van der Waals surface area contributed by atoms with Gasteiger partial charge in [0.2, 0.25) is 5.91 Å². The van der Waals surface area contributed by atoms with Gasteiger partial charge in [0, 0.05) is 17.8 Å². The summed E-state index contributed by atoms with van der Waals surface area (Å²) < 4.78 is 0. The smallest absolute Gasteiger partial charge is 0.241 e. The molecule has 3 aromatic rings. The van der Waals surface area contributed by atoms with Crippen LogP contribution in [-0.2, 0) is 11.3 Å². The van der Waals surface area contributed by atoms with Crippen molar-refractivity contribution in [3.8, 4) is 11.1 Å². The first-order chi connectivity index (χ1) is 13.0. The first kappa shape index (κ1) is 18.9. The van der Waals surface area contributed by atoms with Crippen LogP contribution in [0.2, 0.25) is 0 Å². The van der Waals surface area contributed by atoms with E-state index in [9.17, 15) is 4.79 Å². The minimum atomic E-state index is -0.241. The molecule has 3 heteroatoms. The molecule has 0 saturated carbocycles. The van der Waals surface area contributed by atoms with Crippen LogP contribution in [0.4, 0.5) is 5.69 Å². The summed E-state index contributed by atoms with van der Waals surface area (Å²) in [6.45, 7) is 4.75. The number of para-hydroxylation sites is 1. The van der Waals surface area contributed by atoms with Gasteiger partial charge in [-0.05, 0) is 38.1 Å². The maximum absolute atomic E-state index is 12.8. The van der Waals surface area contributed by atoms with Gasteiger partial charge in [-0.15, -0.1) is 0 Å². The molecule has 0 aliphatic heterocycles. The minimum Gasteiger partial charge on any atom is -0.324 e. The third-order valence-electron chi connectivity index (χ3n) is 4.86. The van der Waals surface area contributed by atoms with E-state index >= 15 is 0 Å². The molecule has 0 aliphatic carbocycles. The van der Waals surface area contributed by atoms with Crippen molar-refractivity contribution in [2.24, 2.45) is 0 Å². The van der Waals surface area contributed by atoms with E-state index in [1.54, 1.807) is 0 Å². The quantitative estimate of drug-likeness (QED) is 0.663. The molecule has 0 heterocycles. The molecular formula is C24H26N2O. The number of hydrogen-bond acceptors (Lipinski definition) is 2. The fourth-order valence-electron chi connectivity index (χ4n) is 3.02. The van der Waals surface area contributed by atoms with Crippen LogP contribution in [0.15, 0.2) is 78.9 Å². The van der Waals surface area contributed by atoms with E-state index in [4.69, 9.17) is 0 Å². The molecule has 0 aromatic heterocycles. The Hall–Kier alpha value is -2.91. The van der Waals surface area contributed by atoms with E-state index in [-0.39, 0.29) is 11.9 Å². The summed E-state index contributed by atoms with van der Waals surface area (Å²) in [5, 5.41) is 3.10. The predicted octanol–water partition coefficient (Wildman–Crippen LogP) is 5.12. The maximum Gasteiger partial charge on any atom is 0.241 e. The summed E-state index contributed by atoms with van der Waals surface area (Å²) in [7, 11) is 1.98. The van der Waals surface area contributed by atoms with Crippen LogP contribution in [0.5, 0.6) is 0 Å². The number of benzene rings is 3. The highest BCUT2D eigenvalue weighted by molar-refractivity contribution is 5.98. The summed E-state index contributed by atoms with van der Waals surface area (Å²) in [4.78, 5) is 14.9. The molecule has 3 rings (SSSR count). The zero-order valence-electron chi connectivity index (χ0n) is 16.1. The van der Waals surface area contributed by atoms with Crippen LogP contribution in [0.3, 0.4) is 0 Å². The lowest BCUT2D eigenvalue weighted by Crippen LogP contribution is -2.39. The van der Waals surface area contributed by atoms with Crippen LogP contribution < -0.4 is 5.32 Å². The molecule has 1 amide bonds. The Morgan fingerprint density at radius 1 is 0.926 bits per heavy atom. The molecule has 138 valence electrons. The molecule has 1 atom stereocenters. The van der Waals surface area contributed by atoms with E-state index in [0.717, 1.165) is 23.4 Å². The van der Waals surface area contributed by atoms with E-state index in [2.05, 4.69) is 53.5 Å². The average molecular weight is 358 g/mol. The third kappa shape index (κ3) is 4.83. The normalized spacial score (nSPS) is 12.0. The predicted molar refractivity (Wildman–Crippen MR) is 113 cm³/mol. The highest BCUT2D eigenvalue weighted by atomic mass is 16.2. The molecule has 0 aliphatic rings. The number of carbonyl (C=O) groups is 1. The highest BCUT2D eigenvalue weighted by Crippen LogP contribution is 2.27. The number of nitrogens with zero attached hydrogens (tertiary/aromatic N) is 1. The van der Waals surface area contributed by atoms with Crippen molar-refractivity contribution in [3.05, 3.63) is 90.0 Å². The Morgan fingerprint density at radius 3 is 2.26 bits per heavy atom. The minimum absolute atomic E-state index is 0.00649. The number of hydrogen-bond donors (Lipinski definition) is 1. The van der Waals surface area contributed by atoms with E-state index in [1.807, 2.05) is 56.4 Å². The fourth-order valence-corrected chi connectivity index (χ4v) is 3.02. The van der Waals surface area contributed by atoms with E-state index < -0.39 is 0 Å². The van der Waals surface area contributed by atoms with Gasteiger partial charge < -0.3 is 5.32 Å². The van der Waals surface area contributed by atoms with Crippen LogP contribution in [-0.4, -0.2) is 23.9 Å². The first-order valence-corrected chi connectivity index (χ1v) is 9.25. The van der Waals surface area contributed by atoms with Crippen molar-refractivity contribution in [2.45, 2.75) is 26.4 Å². The van der Waals surface area contributed by atoms with Crippen LogP contribution in [0.25, 0.3) is 11.1 Å². The standard InChI is InChI=1S/C24H26N2O/c1-18-13-15-20(16-14-18)17-26(3)19(2)24(27)25-23-12-8-7-11-22(23)21-9-5-4-6-10-21/h4-16,19H,17H2,1-3H3,(H,25,27)/t19-/m1/s1. The number of carbonyl (C=O) groups excluding carboxylic acids is 1. The lowest BCUT2D eigenvalue weighted by molar-refractivity contribution is -0.120. The largest absolute Gasteiger partial charge is 0.324 e. The summed E-state index contributed by atoms with van der Waals surface area (Å²) in [5.41, 5.74) is 5.40. The summed E-state index contributed by atoms with van der Waals surface area (Å²) in [6.07, 6.45) is 0. The van der Waals surface area contributed by atoms with Gasteiger partial charge in [-0.1, -0.05) is 78.4 Å². The Balaban J connectivity index is 1.70. The second-order valence-corrected chi connectivity index (χ2v) is 6.98. The molecule has 27 heavy (non-hydrogen) atoms. The number of aryl methyl sites for hydroxylation is 1. The summed E-state index contributed by atoms with van der Waals surface area (Å²) in [6, 6.07) is 26.2. The van der Waals surface area contributed by atoms with Gasteiger partial charge in [0.1, 0.15) is 0 Å². The molecular weight excluding hydrogens is 332 g/mol. The zero-order valence-corrected chi connectivity index (χ0v) is 16.1. The van der Waals surface area contributed by atoms with Gasteiger partial charge in [0.05, 0.1) is 6.04 Å². The number of nitrogens with one attached hydrogen (secondary N) is 1. The summed E-state index contributed by atoms with van der Waals surface area (Å²) in [5.74, 6) is -0.00649. The van der Waals surface area contributed by atoms with Gasteiger partial charge in [0.25, 0.3) is 0 Å². The first-order valence-electron chi connectivity index (χ1n) is 9.25. The monoisotopic (exact) mass is 358 g/mol. The number of anilines is 1. The topological polar surface area (TPSA) is 32.3 Å². The van der Waals surface area contributed by atoms with Crippen molar-refractivity contribution < 1.29 is 4.79 Å². The maximum atomic E-state index is 12.8. The van der Waals surface area contributed by atoms with Crippen LogP contribution >= 0.6 is 0 Å². The molecule has 0 fully saturated rings. The number of amides is 1.